The van der Waals surface area contributed by atoms with E-state index in [4.69, 9.17) is 19.8 Å². The number of carboxylic acid groups (broad SMARTS) is 1. The SMILES string of the molecule is COCC(C)Nc1nc(-c2cccc(C#N)c2)cc(-c2cn(Cc3cccc(C4CCN(CC(=O)O)CC4)n3)nn2)n1. The predicted octanol–water partition coefficient (Wildman–Crippen LogP) is 3.43. The molecule has 1 aliphatic rings. The molecule has 0 bridgehead atoms. The van der Waals surface area contributed by atoms with Crippen molar-refractivity contribution in [2.45, 2.75) is 38.3 Å². The number of nitrogens with zero attached hydrogens (tertiary/aromatic N) is 8. The maximum absolute atomic E-state index is 11.0. The van der Waals surface area contributed by atoms with Gasteiger partial charge >= 0.3 is 5.97 Å². The van der Waals surface area contributed by atoms with E-state index in [2.05, 4.69) is 26.7 Å². The number of hydrogen-bond donors (Lipinski definition) is 2. The molecule has 0 spiro atoms. The van der Waals surface area contributed by atoms with Gasteiger partial charge in [0.05, 0.1) is 54.6 Å². The number of carboxylic acids is 1. The number of hydrogen-bond acceptors (Lipinski definition) is 10. The van der Waals surface area contributed by atoms with Gasteiger partial charge in [-0.25, -0.2) is 14.6 Å². The second-order valence-electron chi connectivity index (χ2n) is 10.5. The van der Waals surface area contributed by atoms with Crippen molar-refractivity contribution in [1.29, 1.82) is 5.26 Å². The molecule has 1 atom stereocenters. The van der Waals surface area contributed by atoms with Crippen LogP contribution in [0.25, 0.3) is 22.6 Å². The van der Waals surface area contributed by atoms with Gasteiger partial charge in [0, 0.05) is 30.3 Å². The Labute approximate surface area is 244 Å². The van der Waals surface area contributed by atoms with Crippen molar-refractivity contribution in [2.75, 3.05) is 38.7 Å². The molecule has 4 heterocycles. The van der Waals surface area contributed by atoms with Crippen molar-refractivity contribution < 1.29 is 14.6 Å². The molecule has 12 nitrogen and oxygen atoms in total. The van der Waals surface area contributed by atoms with E-state index in [0.29, 0.717) is 47.7 Å². The highest BCUT2D eigenvalue weighted by Crippen LogP contribution is 2.28. The lowest BCUT2D eigenvalue weighted by Gasteiger charge is -2.30. The number of methoxy groups -OCH3 is 1. The monoisotopic (exact) mass is 567 g/mol. The van der Waals surface area contributed by atoms with Crippen molar-refractivity contribution in [3.8, 4) is 28.7 Å². The maximum Gasteiger partial charge on any atom is 0.317 e. The van der Waals surface area contributed by atoms with Crippen LogP contribution in [0.5, 0.6) is 0 Å². The minimum Gasteiger partial charge on any atom is -0.480 e. The number of aromatic nitrogens is 6. The van der Waals surface area contributed by atoms with Crippen molar-refractivity contribution in [2.24, 2.45) is 0 Å². The smallest absolute Gasteiger partial charge is 0.317 e. The standard InChI is InChI=1S/C30H33N9O3/c1-20(19-42-2)32-30-34-26(23-6-3-5-21(13-23)15-31)14-27(35-30)28-17-39(37-36-28)16-24-7-4-8-25(33-24)22-9-11-38(12-10-22)18-29(40)41/h3-8,13-14,17,20,22H,9-12,16,18-19H2,1-2H3,(H,40,41)(H,32,34,35). The van der Waals surface area contributed by atoms with Crippen LogP contribution in [0.1, 0.15) is 42.6 Å². The molecule has 1 saturated heterocycles. The molecule has 2 N–H and O–H groups in total. The zero-order valence-corrected chi connectivity index (χ0v) is 23.6. The third-order valence-corrected chi connectivity index (χ3v) is 7.12. The zero-order chi connectivity index (χ0) is 29.5. The summed E-state index contributed by atoms with van der Waals surface area (Å²) in [6.45, 7) is 4.48. The van der Waals surface area contributed by atoms with E-state index >= 15 is 0 Å². The van der Waals surface area contributed by atoms with Gasteiger partial charge in [0.25, 0.3) is 0 Å². The van der Waals surface area contributed by atoms with Crippen LogP contribution in [0.3, 0.4) is 0 Å². The number of likely N-dealkylation sites (tertiary alicyclic amines) is 1. The molecule has 1 unspecified atom stereocenters. The summed E-state index contributed by atoms with van der Waals surface area (Å²) in [5.74, 6) is -0.0697. The van der Waals surface area contributed by atoms with Crippen molar-refractivity contribution in [1.82, 2.24) is 34.8 Å². The molecule has 3 aromatic heterocycles. The van der Waals surface area contributed by atoms with E-state index in [9.17, 15) is 10.1 Å². The third kappa shape index (κ3) is 7.31. The lowest BCUT2D eigenvalue weighted by atomic mass is 9.93. The number of pyridine rings is 1. The van der Waals surface area contributed by atoms with Crippen molar-refractivity contribution >= 4 is 11.9 Å². The average molecular weight is 568 g/mol. The fourth-order valence-electron chi connectivity index (χ4n) is 5.10. The summed E-state index contributed by atoms with van der Waals surface area (Å²) >= 11 is 0. The van der Waals surface area contributed by atoms with E-state index in [0.717, 1.165) is 42.9 Å². The first-order valence-corrected chi connectivity index (χ1v) is 13.9. The molecule has 0 aliphatic carbocycles. The molecule has 42 heavy (non-hydrogen) atoms. The highest BCUT2D eigenvalue weighted by molar-refractivity contribution is 5.69. The fourth-order valence-corrected chi connectivity index (χ4v) is 5.10. The molecule has 0 radical (unpaired) electrons. The van der Waals surface area contributed by atoms with Gasteiger partial charge in [-0.05, 0) is 63.2 Å². The van der Waals surface area contributed by atoms with Crippen molar-refractivity contribution in [3.63, 3.8) is 0 Å². The number of nitrogens with one attached hydrogen (secondary N) is 1. The van der Waals surface area contributed by atoms with Crippen LogP contribution >= 0.6 is 0 Å². The Hall–Kier alpha value is -4.73. The first-order chi connectivity index (χ1) is 20.4. The quantitative estimate of drug-likeness (QED) is 0.274. The molecule has 216 valence electrons. The predicted molar refractivity (Wildman–Crippen MR) is 156 cm³/mol. The van der Waals surface area contributed by atoms with Gasteiger partial charge < -0.3 is 15.2 Å². The normalized spacial score (nSPS) is 14.8. The van der Waals surface area contributed by atoms with Crippen LogP contribution in [-0.4, -0.2) is 85.3 Å². The summed E-state index contributed by atoms with van der Waals surface area (Å²) < 4.78 is 6.98. The van der Waals surface area contributed by atoms with E-state index < -0.39 is 5.97 Å². The second kappa shape index (κ2) is 13.3. The van der Waals surface area contributed by atoms with Crippen LogP contribution in [0, 0.1) is 11.3 Å². The highest BCUT2D eigenvalue weighted by atomic mass is 16.5. The molecule has 5 rings (SSSR count). The van der Waals surface area contributed by atoms with Gasteiger partial charge in [-0.3, -0.25) is 14.7 Å². The van der Waals surface area contributed by atoms with Gasteiger partial charge in [0.2, 0.25) is 5.95 Å². The van der Waals surface area contributed by atoms with Crippen molar-refractivity contribution in [3.05, 3.63) is 71.7 Å². The first kappa shape index (κ1) is 28.8. The van der Waals surface area contributed by atoms with E-state index in [1.54, 1.807) is 23.9 Å². The van der Waals surface area contributed by atoms with E-state index in [1.807, 2.05) is 54.4 Å². The second-order valence-corrected chi connectivity index (χ2v) is 10.5. The largest absolute Gasteiger partial charge is 0.480 e. The lowest BCUT2D eigenvalue weighted by Crippen LogP contribution is -2.36. The summed E-state index contributed by atoms with van der Waals surface area (Å²) in [5, 5.41) is 30.4. The fraction of sp³-hybridized carbons (Fsp3) is 0.367. The topological polar surface area (TPSA) is 155 Å². The minimum atomic E-state index is -0.791. The summed E-state index contributed by atoms with van der Waals surface area (Å²) in [5.41, 5.74) is 5.05. The molecular weight excluding hydrogens is 534 g/mol. The number of piperidine rings is 1. The molecule has 1 aromatic carbocycles. The zero-order valence-electron chi connectivity index (χ0n) is 23.6. The van der Waals surface area contributed by atoms with Crippen LogP contribution in [-0.2, 0) is 16.1 Å². The van der Waals surface area contributed by atoms with Crippen LogP contribution in [0.2, 0.25) is 0 Å². The summed E-state index contributed by atoms with van der Waals surface area (Å²) in [6.07, 6.45) is 3.59. The summed E-state index contributed by atoms with van der Waals surface area (Å²) in [4.78, 5) is 27.3. The molecule has 0 saturated carbocycles. The van der Waals surface area contributed by atoms with Crippen LogP contribution in [0.15, 0.2) is 54.7 Å². The Kier molecular flexibility index (Phi) is 9.11. The number of anilines is 1. The minimum absolute atomic E-state index is 0.0259. The molecule has 12 heteroatoms. The molecule has 1 aliphatic heterocycles. The van der Waals surface area contributed by atoms with Gasteiger partial charge in [-0.15, -0.1) is 5.10 Å². The third-order valence-electron chi connectivity index (χ3n) is 7.12. The molecule has 1 fully saturated rings. The molecular formula is C30H33N9O3. The Morgan fingerprint density at radius 2 is 1.90 bits per heavy atom. The molecule has 4 aromatic rings. The number of ether oxygens (including phenoxy) is 1. The Bertz CT molecular complexity index is 1570. The first-order valence-electron chi connectivity index (χ1n) is 13.9. The van der Waals surface area contributed by atoms with Gasteiger partial charge in [-0.2, -0.15) is 5.26 Å². The van der Waals surface area contributed by atoms with Gasteiger partial charge in [0.1, 0.15) is 5.69 Å². The Morgan fingerprint density at radius 3 is 2.67 bits per heavy atom. The number of carbonyl (C=O) groups is 1. The number of benzene rings is 1. The van der Waals surface area contributed by atoms with Gasteiger partial charge in [-0.1, -0.05) is 23.4 Å². The van der Waals surface area contributed by atoms with Crippen LogP contribution < -0.4 is 5.32 Å². The number of nitriles is 1. The summed E-state index contributed by atoms with van der Waals surface area (Å²) in [7, 11) is 1.64. The van der Waals surface area contributed by atoms with Gasteiger partial charge in [0.15, 0.2) is 0 Å². The van der Waals surface area contributed by atoms with Crippen LogP contribution in [0.4, 0.5) is 5.95 Å². The van der Waals surface area contributed by atoms with E-state index in [1.165, 1.54) is 0 Å². The molecule has 0 amide bonds. The Balaban J connectivity index is 1.35. The highest BCUT2D eigenvalue weighted by Gasteiger charge is 2.23. The lowest BCUT2D eigenvalue weighted by molar-refractivity contribution is -0.138. The number of rotatable bonds is 11. The maximum atomic E-state index is 11.0. The number of aliphatic carboxylic acids is 1. The summed E-state index contributed by atoms with van der Waals surface area (Å²) in [6, 6.07) is 17.3. The average Bonchev–Trinajstić information content (AvgIpc) is 3.46. The van der Waals surface area contributed by atoms with E-state index in [-0.39, 0.29) is 12.6 Å². The Morgan fingerprint density at radius 1 is 1.12 bits per heavy atom.